The zero-order chi connectivity index (χ0) is 22.6. The number of amides is 1. The highest BCUT2D eigenvalue weighted by Gasteiger charge is 2.40. The van der Waals surface area contributed by atoms with Gasteiger partial charge in [-0.15, -0.1) is 0 Å². The van der Waals surface area contributed by atoms with Crippen LogP contribution in [0.4, 0.5) is 19.0 Å². The molecule has 0 bridgehead atoms. The number of pyridine rings is 1. The number of hydrogen-bond acceptors (Lipinski definition) is 5. The van der Waals surface area contributed by atoms with E-state index in [0.717, 1.165) is 25.1 Å². The number of aromatic nitrogens is 4. The Labute approximate surface area is 182 Å². The lowest BCUT2D eigenvalue weighted by atomic mass is 10.1. The number of imidazole rings is 1. The molecule has 2 aliphatic rings. The molecule has 0 unspecified atom stereocenters. The molecule has 0 aromatic carbocycles. The van der Waals surface area contributed by atoms with E-state index in [1.807, 2.05) is 18.7 Å². The first-order valence-electron chi connectivity index (χ1n) is 10.7. The van der Waals surface area contributed by atoms with Crippen LogP contribution < -0.4 is 4.90 Å². The minimum Gasteiger partial charge on any atom is -0.352 e. The van der Waals surface area contributed by atoms with Gasteiger partial charge < -0.3 is 9.80 Å². The van der Waals surface area contributed by atoms with Crippen LogP contribution in [-0.2, 0) is 11.0 Å². The third-order valence-electron chi connectivity index (χ3n) is 6.13. The van der Waals surface area contributed by atoms with Gasteiger partial charge in [-0.2, -0.15) is 13.2 Å². The molecule has 1 amide bonds. The molecule has 0 spiro atoms. The number of alkyl halides is 3. The van der Waals surface area contributed by atoms with Gasteiger partial charge in [-0.25, -0.2) is 15.0 Å². The summed E-state index contributed by atoms with van der Waals surface area (Å²) in [5.41, 5.74) is 0.00699. The Morgan fingerprint density at radius 2 is 1.78 bits per heavy atom. The van der Waals surface area contributed by atoms with Crippen molar-refractivity contribution in [3.05, 3.63) is 42.4 Å². The second-order valence-corrected chi connectivity index (χ2v) is 8.65. The molecular weight excluding hydrogens is 421 g/mol. The third kappa shape index (κ3) is 3.67. The number of hydrogen-bond donors (Lipinski definition) is 0. The Hall–Kier alpha value is -3.17. The van der Waals surface area contributed by atoms with E-state index in [9.17, 15) is 18.0 Å². The van der Waals surface area contributed by atoms with Crippen molar-refractivity contribution in [2.45, 2.75) is 44.9 Å². The summed E-state index contributed by atoms with van der Waals surface area (Å²) in [5, 5.41) is 0. The molecule has 1 saturated heterocycles. The maximum atomic E-state index is 13.2. The molecule has 10 heteroatoms. The van der Waals surface area contributed by atoms with E-state index in [1.165, 1.54) is 16.7 Å². The second kappa shape index (κ2) is 7.46. The van der Waals surface area contributed by atoms with E-state index in [-0.39, 0.29) is 23.9 Å². The smallest absolute Gasteiger partial charge is 0.352 e. The van der Waals surface area contributed by atoms with Crippen LogP contribution in [0.2, 0.25) is 0 Å². The van der Waals surface area contributed by atoms with Crippen LogP contribution in [-0.4, -0.2) is 55.3 Å². The van der Waals surface area contributed by atoms with E-state index in [0.29, 0.717) is 36.1 Å². The van der Waals surface area contributed by atoms with E-state index < -0.39 is 11.7 Å². The number of anilines is 1. The standard InChI is InChI=1S/C22H23F3N6O/c1-13-10-29(11-14(2)31(13)21(32)15-3-4-15)19-7-8-26-20(28-19)17-9-27-18-6-5-16(12-30(17)18)22(23,24)25/h5-9,12-15H,3-4,10-11H2,1-2H3/t13-,14+. The molecule has 0 N–H and O–H groups in total. The summed E-state index contributed by atoms with van der Waals surface area (Å²) in [6.45, 7) is 5.33. The molecule has 5 rings (SSSR count). The van der Waals surface area contributed by atoms with E-state index in [1.54, 1.807) is 12.3 Å². The molecule has 2 atom stereocenters. The number of piperazine rings is 1. The Bertz CT molecular complexity index is 1160. The topological polar surface area (TPSA) is 66.6 Å². The Kier molecular flexibility index (Phi) is 4.83. The molecule has 1 aliphatic carbocycles. The number of fused-ring (bicyclic) bond motifs is 1. The fraction of sp³-hybridized carbons (Fsp3) is 0.455. The largest absolute Gasteiger partial charge is 0.417 e. The first kappa shape index (κ1) is 20.7. The molecule has 1 aliphatic heterocycles. The normalized spacial score (nSPS) is 21.9. The molecule has 1 saturated carbocycles. The zero-order valence-corrected chi connectivity index (χ0v) is 17.8. The molecule has 7 nitrogen and oxygen atoms in total. The van der Waals surface area contributed by atoms with Crippen molar-refractivity contribution in [2.24, 2.45) is 5.92 Å². The molecular formula is C22H23F3N6O. The van der Waals surface area contributed by atoms with Crippen LogP contribution >= 0.6 is 0 Å². The summed E-state index contributed by atoms with van der Waals surface area (Å²) in [7, 11) is 0. The van der Waals surface area contributed by atoms with Crippen LogP contribution in [0.15, 0.2) is 36.8 Å². The summed E-state index contributed by atoms with van der Waals surface area (Å²) in [4.78, 5) is 29.9. The lowest BCUT2D eigenvalue weighted by Gasteiger charge is -2.45. The van der Waals surface area contributed by atoms with Crippen LogP contribution in [0.25, 0.3) is 17.2 Å². The van der Waals surface area contributed by atoms with Crippen LogP contribution in [0.1, 0.15) is 32.3 Å². The van der Waals surface area contributed by atoms with Crippen molar-refractivity contribution in [2.75, 3.05) is 18.0 Å². The van der Waals surface area contributed by atoms with Gasteiger partial charge in [-0.05, 0) is 44.9 Å². The number of nitrogens with zero attached hydrogens (tertiary/aromatic N) is 6. The zero-order valence-electron chi connectivity index (χ0n) is 17.8. The van der Waals surface area contributed by atoms with Crippen molar-refractivity contribution in [1.82, 2.24) is 24.3 Å². The lowest BCUT2D eigenvalue weighted by molar-refractivity contribution is -0.138. The average Bonchev–Trinajstić information content (AvgIpc) is 3.51. The predicted octanol–water partition coefficient (Wildman–Crippen LogP) is 3.65. The monoisotopic (exact) mass is 444 g/mol. The summed E-state index contributed by atoms with van der Waals surface area (Å²) in [6.07, 6.45) is 1.59. The van der Waals surface area contributed by atoms with Gasteiger partial charge in [0.05, 0.1) is 11.8 Å². The van der Waals surface area contributed by atoms with Crippen molar-refractivity contribution in [3.8, 4) is 11.5 Å². The Morgan fingerprint density at radius 1 is 1.06 bits per heavy atom. The predicted molar refractivity (Wildman–Crippen MR) is 112 cm³/mol. The summed E-state index contributed by atoms with van der Waals surface area (Å²) < 4.78 is 40.9. The molecule has 0 radical (unpaired) electrons. The maximum absolute atomic E-state index is 13.2. The summed E-state index contributed by atoms with van der Waals surface area (Å²) in [6, 6.07) is 4.20. The average molecular weight is 444 g/mol. The Morgan fingerprint density at radius 3 is 2.44 bits per heavy atom. The summed E-state index contributed by atoms with van der Waals surface area (Å²) >= 11 is 0. The fourth-order valence-electron chi connectivity index (χ4n) is 4.45. The van der Waals surface area contributed by atoms with Gasteiger partial charge >= 0.3 is 6.18 Å². The van der Waals surface area contributed by atoms with Crippen LogP contribution in [0, 0.1) is 5.92 Å². The molecule has 2 fully saturated rings. The van der Waals surface area contributed by atoms with Gasteiger partial charge in [0.1, 0.15) is 17.2 Å². The SMILES string of the molecule is C[C@@H]1CN(c2ccnc(-c3cnc4ccc(C(F)(F)F)cn34)n2)C[C@H](C)N1C(=O)C1CC1. The van der Waals surface area contributed by atoms with Gasteiger partial charge in [0.25, 0.3) is 0 Å². The van der Waals surface area contributed by atoms with Gasteiger partial charge in [-0.3, -0.25) is 9.20 Å². The van der Waals surface area contributed by atoms with Crippen LogP contribution in [0.3, 0.4) is 0 Å². The van der Waals surface area contributed by atoms with Crippen molar-refractivity contribution in [1.29, 1.82) is 0 Å². The minimum absolute atomic E-state index is 0.0374. The first-order valence-corrected chi connectivity index (χ1v) is 10.7. The molecule has 4 heterocycles. The van der Waals surface area contributed by atoms with Gasteiger partial charge in [-0.1, -0.05) is 0 Å². The molecule has 3 aromatic heterocycles. The van der Waals surface area contributed by atoms with Crippen molar-refractivity contribution in [3.63, 3.8) is 0 Å². The highest BCUT2D eigenvalue weighted by Crippen LogP contribution is 2.34. The maximum Gasteiger partial charge on any atom is 0.417 e. The summed E-state index contributed by atoms with van der Waals surface area (Å²) in [5.74, 6) is 1.38. The van der Waals surface area contributed by atoms with Crippen molar-refractivity contribution < 1.29 is 18.0 Å². The number of halogens is 3. The molecule has 3 aromatic rings. The highest BCUT2D eigenvalue weighted by molar-refractivity contribution is 5.82. The highest BCUT2D eigenvalue weighted by atomic mass is 19.4. The quantitative estimate of drug-likeness (QED) is 0.617. The van der Waals surface area contributed by atoms with Crippen molar-refractivity contribution >= 4 is 17.4 Å². The minimum atomic E-state index is -4.46. The fourth-order valence-corrected chi connectivity index (χ4v) is 4.45. The molecule has 168 valence electrons. The van der Waals surface area contributed by atoms with Gasteiger partial charge in [0.15, 0.2) is 5.82 Å². The van der Waals surface area contributed by atoms with E-state index in [4.69, 9.17) is 0 Å². The second-order valence-electron chi connectivity index (χ2n) is 8.65. The van der Waals surface area contributed by atoms with E-state index in [2.05, 4.69) is 19.9 Å². The third-order valence-corrected chi connectivity index (χ3v) is 6.13. The lowest BCUT2D eigenvalue weighted by Crippen LogP contribution is -2.59. The van der Waals surface area contributed by atoms with Gasteiger partial charge in [0, 0.05) is 43.5 Å². The Balaban J connectivity index is 1.44. The first-order chi connectivity index (χ1) is 15.2. The number of carbonyl (C=O) groups excluding carboxylic acids is 1. The number of rotatable bonds is 3. The van der Waals surface area contributed by atoms with Gasteiger partial charge in [0.2, 0.25) is 5.91 Å². The molecule has 32 heavy (non-hydrogen) atoms. The van der Waals surface area contributed by atoms with Crippen LogP contribution in [0.5, 0.6) is 0 Å². The van der Waals surface area contributed by atoms with E-state index >= 15 is 0 Å². The number of carbonyl (C=O) groups is 1.